The van der Waals surface area contributed by atoms with E-state index in [4.69, 9.17) is 10.2 Å². The maximum Gasteiger partial charge on any atom is 0.419 e. The summed E-state index contributed by atoms with van der Waals surface area (Å²) in [7, 11) is 0. The maximum absolute atomic E-state index is 13.2. The van der Waals surface area contributed by atoms with Crippen molar-refractivity contribution >= 4 is 0 Å². The molecule has 4 nitrogen and oxygen atoms in total. The van der Waals surface area contributed by atoms with Gasteiger partial charge in [-0.05, 0) is 24.6 Å². The molecule has 0 fully saturated rings. The predicted octanol–water partition coefficient (Wildman–Crippen LogP) is 3.30. The number of nitrogens with zero attached hydrogens (tertiary/aromatic N) is 2. The molecule has 2 N–H and O–H groups in total. The molecule has 2 aromatic rings. The van der Waals surface area contributed by atoms with Crippen LogP contribution < -0.4 is 5.73 Å². The van der Waals surface area contributed by atoms with Gasteiger partial charge in [0.1, 0.15) is 5.82 Å². The van der Waals surface area contributed by atoms with Gasteiger partial charge < -0.3 is 10.2 Å². The van der Waals surface area contributed by atoms with Gasteiger partial charge in [-0.1, -0.05) is 6.92 Å². The maximum atomic E-state index is 13.2. The second-order valence-electron chi connectivity index (χ2n) is 4.15. The Bertz CT molecular complexity index is 609. The Kier molecular flexibility index (Phi) is 3.76. The van der Waals surface area contributed by atoms with Crippen molar-refractivity contribution in [3.8, 4) is 11.5 Å². The largest absolute Gasteiger partial charge is 0.419 e. The van der Waals surface area contributed by atoms with Crippen LogP contribution in [0.4, 0.5) is 17.6 Å². The van der Waals surface area contributed by atoms with Crippen LogP contribution in [-0.4, -0.2) is 10.2 Å². The van der Waals surface area contributed by atoms with Crippen LogP contribution in [0.3, 0.4) is 0 Å². The van der Waals surface area contributed by atoms with Crippen molar-refractivity contribution in [2.24, 2.45) is 5.73 Å². The van der Waals surface area contributed by atoms with E-state index >= 15 is 0 Å². The Morgan fingerprint density at radius 1 is 1.30 bits per heavy atom. The summed E-state index contributed by atoms with van der Waals surface area (Å²) < 4.78 is 56.2. The van der Waals surface area contributed by atoms with E-state index in [2.05, 4.69) is 10.2 Å². The van der Waals surface area contributed by atoms with Gasteiger partial charge in [-0.15, -0.1) is 10.2 Å². The minimum Gasteiger partial charge on any atom is -0.419 e. The molecule has 20 heavy (non-hydrogen) atoms. The molecule has 0 radical (unpaired) electrons. The number of nitrogens with two attached hydrogens (primary N) is 1. The molecule has 0 bridgehead atoms. The lowest BCUT2D eigenvalue weighted by Crippen LogP contribution is -2.08. The normalized spacial score (nSPS) is 13.5. The number of benzene rings is 1. The molecule has 1 atom stereocenters. The highest BCUT2D eigenvalue weighted by Gasteiger charge is 2.34. The molecule has 1 unspecified atom stereocenters. The predicted molar refractivity (Wildman–Crippen MR) is 61.9 cm³/mol. The standard InChI is InChI=1S/C12H11F4N3O/c1-2-9(17)11-19-18-10(20-11)6-3-4-8(13)7(5-6)12(14,15)16/h3-5,9H,2,17H2,1H3. The summed E-state index contributed by atoms with van der Waals surface area (Å²) in [5, 5.41) is 7.28. The lowest BCUT2D eigenvalue weighted by molar-refractivity contribution is -0.139. The zero-order valence-corrected chi connectivity index (χ0v) is 10.4. The van der Waals surface area contributed by atoms with Crippen LogP contribution in [0.2, 0.25) is 0 Å². The van der Waals surface area contributed by atoms with Crippen molar-refractivity contribution in [2.45, 2.75) is 25.6 Å². The second kappa shape index (κ2) is 5.20. The summed E-state index contributed by atoms with van der Waals surface area (Å²) in [5.74, 6) is -1.36. The molecule has 8 heteroatoms. The Hall–Kier alpha value is -1.96. The minimum atomic E-state index is -4.79. The second-order valence-corrected chi connectivity index (χ2v) is 4.15. The number of aromatic nitrogens is 2. The molecule has 0 spiro atoms. The van der Waals surface area contributed by atoms with Gasteiger partial charge in [0.25, 0.3) is 0 Å². The van der Waals surface area contributed by atoms with Gasteiger partial charge >= 0.3 is 6.18 Å². The monoisotopic (exact) mass is 289 g/mol. The van der Waals surface area contributed by atoms with E-state index in [0.717, 1.165) is 6.07 Å². The quantitative estimate of drug-likeness (QED) is 0.880. The minimum absolute atomic E-state index is 0.0132. The van der Waals surface area contributed by atoms with Gasteiger partial charge in [-0.25, -0.2) is 4.39 Å². The molecular weight excluding hydrogens is 278 g/mol. The Labute approximate surface area is 111 Å². The molecule has 0 saturated carbocycles. The van der Waals surface area contributed by atoms with Gasteiger partial charge in [-0.3, -0.25) is 0 Å². The number of alkyl halides is 3. The highest BCUT2D eigenvalue weighted by Crippen LogP contribution is 2.34. The van der Waals surface area contributed by atoms with Crippen LogP contribution in [0.15, 0.2) is 22.6 Å². The molecule has 0 aliphatic heterocycles. The fourth-order valence-corrected chi connectivity index (χ4v) is 1.55. The van der Waals surface area contributed by atoms with E-state index in [1.807, 2.05) is 0 Å². The van der Waals surface area contributed by atoms with Crippen LogP contribution >= 0.6 is 0 Å². The third kappa shape index (κ3) is 2.79. The van der Waals surface area contributed by atoms with Crippen molar-refractivity contribution < 1.29 is 22.0 Å². The average Bonchev–Trinajstić information content (AvgIpc) is 2.86. The van der Waals surface area contributed by atoms with Crippen molar-refractivity contribution in [2.75, 3.05) is 0 Å². The number of hydrogen-bond acceptors (Lipinski definition) is 4. The average molecular weight is 289 g/mol. The Morgan fingerprint density at radius 2 is 2.00 bits per heavy atom. The fourth-order valence-electron chi connectivity index (χ4n) is 1.55. The zero-order valence-electron chi connectivity index (χ0n) is 10.4. The van der Waals surface area contributed by atoms with E-state index in [1.165, 1.54) is 0 Å². The Balaban J connectivity index is 2.41. The van der Waals surface area contributed by atoms with Crippen LogP contribution in [0.5, 0.6) is 0 Å². The number of halogens is 4. The van der Waals surface area contributed by atoms with Crippen molar-refractivity contribution in [3.05, 3.63) is 35.5 Å². The summed E-state index contributed by atoms with van der Waals surface area (Å²) in [4.78, 5) is 0. The smallest absolute Gasteiger partial charge is 0.419 e. The van der Waals surface area contributed by atoms with Crippen molar-refractivity contribution in [1.82, 2.24) is 10.2 Å². The first kappa shape index (κ1) is 14.4. The highest BCUT2D eigenvalue weighted by atomic mass is 19.4. The SMILES string of the molecule is CCC(N)c1nnc(-c2ccc(F)c(C(F)(F)F)c2)o1. The number of rotatable bonds is 3. The topological polar surface area (TPSA) is 64.9 Å². The molecule has 108 valence electrons. The molecule has 1 heterocycles. The van der Waals surface area contributed by atoms with Gasteiger partial charge in [0.2, 0.25) is 11.8 Å². The van der Waals surface area contributed by atoms with E-state index in [-0.39, 0.29) is 17.3 Å². The molecule has 1 aromatic heterocycles. The summed E-state index contributed by atoms with van der Waals surface area (Å²) in [5.41, 5.74) is 4.28. The van der Waals surface area contributed by atoms with Crippen LogP contribution in [0.1, 0.15) is 30.8 Å². The van der Waals surface area contributed by atoms with Crippen LogP contribution in [-0.2, 0) is 6.18 Å². The van der Waals surface area contributed by atoms with E-state index in [0.29, 0.717) is 18.6 Å². The molecule has 1 aromatic carbocycles. The van der Waals surface area contributed by atoms with Gasteiger partial charge in [0.05, 0.1) is 11.6 Å². The third-order valence-electron chi connectivity index (χ3n) is 2.72. The molecule has 0 saturated heterocycles. The van der Waals surface area contributed by atoms with Crippen LogP contribution in [0, 0.1) is 5.82 Å². The number of hydrogen-bond donors (Lipinski definition) is 1. The van der Waals surface area contributed by atoms with Gasteiger partial charge in [0.15, 0.2) is 0 Å². The third-order valence-corrected chi connectivity index (χ3v) is 2.72. The molecule has 2 rings (SSSR count). The van der Waals surface area contributed by atoms with Crippen molar-refractivity contribution in [1.29, 1.82) is 0 Å². The molecule has 0 amide bonds. The fraction of sp³-hybridized carbons (Fsp3) is 0.333. The molecule has 0 aliphatic rings. The summed E-state index contributed by atoms with van der Waals surface area (Å²) in [6.07, 6.45) is -4.25. The summed E-state index contributed by atoms with van der Waals surface area (Å²) in [6.45, 7) is 1.80. The first-order valence-electron chi connectivity index (χ1n) is 5.79. The Morgan fingerprint density at radius 3 is 2.60 bits per heavy atom. The first-order valence-corrected chi connectivity index (χ1v) is 5.79. The highest BCUT2D eigenvalue weighted by molar-refractivity contribution is 5.54. The molecule has 0 aliphatic carbocycles. The van der Waals surface area contributed by atoms with E-state index in [9.17, 15) is 17.6 Å². The summed E-state index contributed by atoms with van der Waals surface area (Å²) >= 11 is 0. The van der Waals surface area contributed by atoms with E-state index < -0.39 is 23.6 Å². The van der Waals surface area contributed by atoms with Gasteiger partial charge in [-0.2, -0.15) is 13.2 Å². The lowest BCUT2D eigenvalue weighted by Gasteiger charge is -2.08. The lowest BCUT2D eigenvalue weighted by atomic mass is 10.1. The van der Waals surface area contributed by atoms with Crippen molar-refractivity contribution in [3.63, 3.8) is 0 Å². The first-order chi connectivity index (χ1) is 9.32. The van der Waals surface area contributed by atoms with Crippen LogP contribution in [0.25, 0.3) is 11.5 Å². The van der Waals surface area contributed by atoms with Gasteiger partial charge in [0, 0.05) is 5.56 Å². The molecular formula is C12H11F4N3O. The summed E-state index contributed by atoms with van der Waals surface area (Å²) in [6, 6.07) is 1.99. The van der Waals surface area contributed by atoms with E-state index in [1.54, 1.807) is 6.92 Å². The zero-order chi connectivity index (χ0) is 14.9.